The maximum absolute atomic E-state index is 13.4. The maximum Gasteiger partial charge on any atom is 0.173 e. The molecule has 16 heavy (non-hydrogen) atoms. The highest BCUT2D eigenvalue weighted by Gasteiger charge is 2.14. The summed E-state index contributed by atoms with van der Waals surface area (Å²) >= 11 is 5.77. The molecule has 1 atom stereocenters. The second-order valence-corrected chi connectivity index (χ2v) is 3.41. The van der Waals surface area contributed by atoms with E-state index in [1.807, 2.05) is 0 Å². The minimum absolute atomic E-state index is 0. The first kappa shape index (κ1) is 15.4. The lowest BCUT2D eigenvalue weighted by Crippen LogP contribution is -2.12. The van der Waals surface area contributed by atoms with Crippen molar-refractivity contribution in [2.24, 2.45) is 5.73 Å². The molecule has 92 valence electrons. The van der Waals surface area contributed by atoms with Crippen molar-refractivity contribution in [2.75, 3.05) is 13.3 Å². The van der Waals surface area contributed by atoms with Crippen molar-refractivity contribution >= 4 is 24.0 Å². The van der Waals surface area contributed by atoms with Crippen LogP contribution in [0, 0.1) is 5.82 Å². The molecule has 0 saturated heterocycles. The van der Waals surface area contributed by atoms with E-state index in [1.165, 1.54) is 6.07 Å². The van der Waals surface area contributed by atoms with Gasteiger partial charge in [0.2, 0.25) is 0 Å². The van der Waals surface area contributed by atoms with E-state index in [4.69, 9.17) is 22.1 Å². The molecule has 0 aliphatic carbocycles. The number of rotatable bonds is 4. The monoisotopic (exact) mass is 271 g/mol. The Morgan fingerprint density at radius 1 is 1.50 bits per heavy atom. The molecule has 0 fully saturated rings. The minimum atomic E-state index is -0.854. The minimum Gasteiger partial charge on any atom is -0.489 e. The summed E-state index contributed by atoms with van der Waals surface area (Å²) in [7, 11) is 0. The first-order chi connectivity index (χ1) is 7.10. The van der Waals surface area contributed by atoms with Crippen LogP contribution in [0.1, 0.15) is 18.5 Å². The fourth-order valence-electron chi connectivity index (χ4n) is 1.16. The van der Waals surface area contributed by atoms with Crippen molar-refractivity contribution in [3.05, 3.63) is 28.5 Å². The van der Waals surface area contributed by atoms with Crippen molar-refractivity contribution in [1.29, 1.82) is 0 Å². The van der Waals surface area contributed by atoms with Crippen molar-refractivity contribution < 1.29 is 13.5 Å². The molecule has 0 heterocycles. The molecule has 6 heteroatoms. The highest BCUT2D eigenvalue weighted by atomic mass is 35.5. The molecule has 0 spiro atoms. The Bertz CT molecular complexity index is 327. The van der Waals surface area contributed by atoms with Crippen LogP contribution in [0.15, 0.2) is 12.1 Å². The van der Waals surface area contributed by atoms with Gasteiger partial charge in [0.1, 0.15) is 6.67 Å². The van der Waals surface area contributed by atoms with Crippen molar-refractivity contribution in [1.82, 2.24) is 0 Å². The van der Waals surface area contributed by atoms with Gasteiger partial charge >= 0.3 is 0 Å². The van der Waals surface area contributed by atoms with Gasteiger partial charge in [0, 0.05) is 0 Å². The Labute approximate surface area is 104 Å². The standard InChI is InChI=1S/C10H12ClF2NO.ClH/c1-2-15-10-7(11)3-6(4-8(10)13)9(14)5-12;/h3-4,9H,2,5,14H2,1H3;1H/t9-;/m0./s1. The molecule has 1 aromatic carbocycles. The summed E-state index contributed by atoms with van der Waals surface area (Å²) in [5, 5.41) is 0.107. The van der Waals surface area contributed by atoms with Crippen LogP contribution in [0.5, 0.6) is 5.75 Å². The van der Waals surface area contributed by atoms with Gasteiger partial charge in [-0.2, -0.15) is 0 Å². The fraction of sp³-hybridized carbons (Fsp3) is 0.400. The van der Waals surface area contributed by atoms with Gasteiger partial charge in [-0.25, -0.2) is 8.78 Å². The number of halogens is 4. The van der Waals surface area contributed by atoms with Gasteiger partial charge in [-0.3, -0.25) is 0 Å². The predicted octanol–water partition coefficient (Wildman–Crippen LogP) is 3.27. The number of nitrogens with two attached hydrogens (primary N) is 1. The Hall–Kier alpha value is -0.580. The lowest BCUT2D eigenvalue weighted by molar-refractivity contribution is 0.321. The van der Waals surface area contributed by atoms with E-state index in [0.29, 0.717) is 12.2 Å². The first-order valence-electron chi connectivity index (χ1n) is 4.53. The molecule has 0 unspecified atom stereocenters. The highest BCUT2D eigenvalue weighted by Crippen LogP contribution is 2.30. The van der Waals surface area contributed by atoms with Gasteiger partial charge in [0.25, 0.3) is 0 Å². The second-order valence-electron chi connectivity index (χ2n) is 3.01. The summed E-state index contributed by atoms with van der Waals surface area (Å²) in [6.45, 7) is 1.27. The lowest BCUT2D eigenvalue weighted by Gasteiger charge is -2.12. The van der Waals surface area contributed by atoms with Crippen LogP contribution in [0.25, 0.3) is 0 Å². The smallest absolute Gasteiger partial charge is 0.173 e. The number of ether oxygens (including phenoxy) is 1. The second kappa shape index (κ2) is 6.89. The molecule has 2 N–H and O–H groups in total. The van der Waals surface area contributed by atoms with Crippen LogP contribution < -0.4 is 10.5 Å². The molecule has 0 aromatic heterocycles. The molecule has 0 amide bonds. The molecule has 0 aliphatic heterocycles. The molecule has 0 aliphatic rings. The van der Waals surface area contributed by atoms with Crippen LogP contribution in [0.2, 0.25) is 5.02 Å². The van der Waals surface area contributed by atoms with Gasteiger partial charge in [-0.1, -0.05) is 11.6 Å². The summed E-state index contributed by atoms with van der Waals surface area (Å²) in [5.74, 6) is -0.641. The molecule has 0 radical (unpaired) electrons. The molecule has 0 bridgehead atoms. The average molecular weight is 272 g/mol. The summed E-state index contributed by atoms with van der Waals surface area (Å²) in [4.78, 5) is 0. The van der Waals surface area contributed by atoms with Gasteiger partial charge in [0.15, 0.2) is 11.6 Å². The molecule has 2 nitrogen and oxygen atoms in total. The highest BCUT2D eigenvalue weighted by molar-refractivity contribution is 6.32. The van der Waals surface area contributed by atoms with Crippen LogP contribution in [0.3, 0.4) is 0 Å². The molecule has 0 saturated carbocycles. The Morgan fingerprint density at radius 3 is 2.56 bits per heavy atom. The van der Waals surface area contributed by atoms with Gasteiger partial charge in [0.05, 0.1) is 17.7 Å². The zero-order chi connectivity index (χ0) is 11.4. The molecular formula is C10H13Cl2F2NO. The fourth-order valence-corrected chi connectivity index (χ4v) is 1.44. The third kappa shape index (κ3) is 3.47. The largest absolute Gasteiger partial charge is 0.489 e. The van der Waals surface area contributed by atoms with Crippen molar-refractivity contribution in [3.63, 3.8) is 0 Å². The van der Waals surface area contributed by atoms with Gasteiger partial charge < -0.3 is 10.5 Å². The summed E-state index contributed by atoms with van der Waals surface area (Å²) in [6, 6.07) is 1.70. The predicted molar refractivity (Wildman–Crippen MR) is 62.7 cm³/mol. The van der Waals surface area contributed by atoms with Crippen molar-refractivity contribution in [2.45, 2.75) is 13.0 Å². The van der Waals surface area contributed by atoms with E-state index >= 15 is 0 Å². The SMILES string of the molecule is CCOc1c(F)cc([C@@H](N)CF)cc1Cl.Cl. The van der Waals surface area contributed by atoms with E-state index in [0.717, 1.165) is 6.07 Å². The average Bonchev–Trinajstić information content (AvgIpc) is 2.22. The van der Waals surface area contributed by atoms with Crippen LogP contribution in [-0.2, 0) is 0 Å². The quantitative estimate of drug-likeness (QED) is 0.912. The number of alkyl halides is 1. The third-order valence-electron chi connectivity index (χ3n) is 1.90. The van der Waals surface area contributed by atoms with Crippen LogP contribution in [0.4, 0.5) is 8.78 Å². The zero-order valence-corrected chi connectivity index (χ0v) is 10.2. The normalized spacial score (nSPS) is 11.8. The van der Waals surface area contributed by atoms with E-state index in [2.05, 4.69) is 0 Å². The molecular weight excluding hydrogens is 259 g/mol. The topological polar surface area (TPSA) is 35.2 Å². The summed E-state index contributed by atoms with van der Waals surface area (Å²) in [5.41, 5.74) is 5.74. The Balaban J connectivity index is 0.00000225. The van der Waals surface area contributed by atoms with Crippen molar-refractivity contribution in [3.8, 4) is 5.75 Å². The number of benzene rings is 1. The van der Waals surface area contributed by atoms with Gasteiger partial charge in [-0.15, -0.1) is 12.4 Å². The van der Waals surface area contributed by atoms with E-state index in [1.54, 1.807) is 6.92 Å². The summed E-state index contributed by atoms with van der Waals surface area (Å²) in [6.07, 6.45) is 0. The van der Waals surface area contributed by atoms with Crippen LogP contribution in [-0.4, -0.2) is 13.3 Å². The summed E-state index contributed by atoms with van der Waals surface area (Å²) < 4.78 is 30.7. The maximum atomic E-state index is 13.4. The van der Waals surface area contributed by atoms with E-state index < -0.39 is 18.5 Å². The lowest BCUT2D eigenvalue weighted by atomic mass is 10.1. The zero-order valence-electron chi connectivity index (χ0n) is 8.67. The molecule has 1 rings (SSSR count). The number of hydrogen-bond donors (Lipinski definition) is 1. The van der Waals surface area contributed by atoms with E-state index in [-0.39, 0.29) is 23.2 Å². The Morgan fingerprint density at radius 2 is 2.12 bits per heavy atom. The van der Waals surface area contributed by atoms with Crippen LogP contribution >= 0.6 is 24.0 Å². The molecule has 1 aromatic rings. The van der Waals surface area contributed by atoms with E-state index in [9.17, 15) is 8.78 Å². The Kier molecular flexibility index (Phi) is 6.64. The van der Waals surface area contributed by atoms with Gasteiger partial charge in [-0.05, 0) is 24.6 Å². The third-order valence-corrected chi connectivity index (χ3v) is 2.18. The first-order valence-corrected chi connectivity index (χ1v) is 4.91. The number of hydrogen-bond acceptors (Lipinski definition) is 2.